The first kappa shape index (κ1) is 14.9. The van der Waals surface area contributed by atoms with Crippen molar-refractivity contribution >= 4 is 5.91 Å². The molecular weight excluding hydrogens is 259 g/mol. The van der Waals surface area contributed by atoms with E-state index in [-0.39, 0.29) is 23.9 Å². The highest BCUT2D eigenvalue weighted by atomic mass is 19.1. The highest BCUT2D eigenvalue weighted by molar-refractivity contribution is 5.81. The molecule has 2 N–H and O–H groups in total. The number of carbonyl (C=O) groups excluding carboxylic acids is 1. The number of nitrogens with zero attached hydrogens (tertiary/aromatic N) is 1. The smallest absolute Gasteiger partial charge is 0.251 e. The first-order chi connectivity index (χ1) is 9.60. The molecule has 0 saturated carbocycles. The van der Waals surface area contributed by atoms with Gasteiger partial charge in [-0.25, -0.2) is 4.39 Å². The van der Waals surface area contributed by atoms with Crippen LogP contribution in [0.15, 0.2) is 24.3 Å². The molecule has 1 aromatic carbocycles. The van der Waals surface area contributed by atoms with Gasteiger partial charge in [0, 0.05) is 20.1 Å². The second kappa shape index (κ2) is 6.81. The van der Waals surface area contributed by atoms with E-state index in [1.165, 1.54) is 12.1 Å². The van der Waals surface area contributed by atoms with E-state index in [4.69, 9.17) is 10.5 Å². The van der Waals surface area contributed by atoms with E-state index in [1.54, 1.807) is 24.1 Å². The van der Waals surface area contributed by atoms with Crippen molar-refractivity contribution in [3.8, 4) is 0 Å². The summed E-state index contributed by atoms with van der Waals surface area (Å²) >= 11 is 0. The number of nitrogens with two attached hydrogens (primary N) is 1. The SMILES string of the molecule is CN(CCc1ccc(F)cc1)C(=O)[C@@H]1CC[C@H](CN)O1. The second-order valence-electron chi connectivity index (χ2n) is 5.20. The molecule has 1 aliphatic heterocycles. The van der Waals surface area contributed by atoms with E-state index in [1.807, 2.05) is 0 Å². The van der Waals surface area contributed by atoms with Gasteiger partial charge in [-0.1, -0.05) is 12.1 Å². The molecule has 0 radical (unpaired) electrons. The number of rotatable bonds is 5. The van der Waals surface area contributed by atoms with Gasteiger partial charge in [-0.2, -0.15) is 0 Å². The van der Waals surface area contributed by atoms with Crippen LogP contribution < -0.4 is 5.73 Å². The summed E-state index contributed by atoms with van der Waals surface area (Å²) in [4.78, 5) is 13.9. The third-order valence-corrected chi connectivity index (χ3v) is 3.67. The molecule has 0 unspecified atom stereocenters. The van der Waals surface area contributed by atoms with Crippen LogP contribution in [-0.4, -0.2) is 43.2 Å². The van der Waals surface area contributed by atoms with Crippen LogP contribution in [0.5, 0.6) is 0 Å². The maximum atomic E-state index is 12.8. The summed E-state index contributed by atoms with van der Waals surface area (Å²) in [5.74, 6) is -0.242. The summed E-state index contributed by atoms with van der Waals surface area (Å²) in [5, 5.41) is 0. The van der Waals surface area contributed by atoms with Gasteiger partial charge >= 0.3 is 0 Å². The van der Waals surface area contributed by atoms with Gasteiger partial charge in [-0.3, -0.25) is 4.79 Å². The molecule has 2 rings (SSSR count). The maximum absolute atomic E-state index is 12.8. The summed E-state index contributed by atoms with van der Waals surface area (Å²) in [6.07, 6.45) is 1.94. The molecule has 0 aliphatic carbocycles. The average Bonchev–Trinajstić information content (AvgIpc) is 2.94. The molecule has 1 aliphatic rings. The van der Waals surface area contributed by atoms with Crippen molar-refractivity contribution in [2.24, 2.45) is 5.73 Å². The molecule has 1 aromatic rings. The van der Waals surface area contributed by atoms with Gasteiger partial charge in [-0.05, 0) is 37.0 Å². The van der Waals surface area contributed by atoms with Crippen LogP contribution in [-0.2, 0) is 16.0 Å². The summed E-state index contributed by atoms with van der Waals surface area (Å²) in [6.45, 7) is 1.06. The van der Waals surface area contributed by atoms with E-state index in [0.29, 0.717) is 19.5 Å². The Kier molecular flexibility index (Phi) is 5.09. The Hall–Kier alpha value is -1.46. The lowest BCUT2D eigenvalue weighted by Gasteiger charge is -2.21. The van der Waals surface area contributed by atoms with Gasteiger partial charge in [0.25, 0.3) is 5.91 Å². The fraction of sp³-hybridized carbons (Fsp3) is 0.533. The molecular formula is C15H21FN2O2. The van der Waals surface area contributed by atoms with Crippen LogP contribution in [0.1, 0.15) is 18.4 Å². The second-order valence-corrected chi connectivity index (χ2v) is 5.20. The monoisotopic (exact) mass is 280 g/mol. The summed E-state index contributed by atoms with van der Waals surface area (Å²) in [5.41, 5.74) is 6.55. The number of likely N-dealkylation sites (N-methyl/N-ethyl adjacent to an activating group) is 1. The lowest BCUT2D eigenvalue weighted by molar-refractivity contribution is -0.141. The minimum atomic E-state index is -0.359. The standard InChI is InChI=1S/C15H21FN2O2/c1-18(9-8-11-2-4-12(16)5-3-11)15(19)14-7-6-13(10-17)20-14/h2-5,13-14H,6-10,17H2,1H3/t13-,14+/m1/s1. The molecule has 1 amide bonds. The van der Waals surface area contributed by atoms with E-state index in [9.17, 15) is 9.18 Å². The first-order valence-electron chi connectivity index (χ1n) is 6.95. The molecule has 110 valence electrons. The van der Waals surface area contributed by atoms with Crippen LogP contribution in [0.4, 0.5) is 4.39 Å². The Morgan fingerprint density at radius 1 is 1.40 bits per heavy atom. The van der Waals surface area contributed by atoms with Crippen LogP contribution in [0.25, 0.3) is 0 Å². The molecule has 0 aromatic heterocycles. The van der Waals surface area contributed by atoms with E-state index < -0.39 is 0 Å². The number of ether oxygens (including phenoxy) is 1. The van der Waals surface area contributed by atoms with Crippen molar-refractivity contribution in [1.82, 2.24) is 4.90 Å². The van der Waals surface area contributed by atoms with Crippen LogP contribution >= 0.6 is 0 Å². The molecule has 1 saturated heterocycles. The Bertz CT molecular complexity index is 450. The highest BCUT2D eigenvalue weighted by Gasteiger charge is 2.31. The van der Waals surface area contributed by atoms with Crippen LogP contribution in [0.3, 0.4) is 0 Å². The lowest BCUT2D eigenvalue weighted by Crippen LogP contribution is -2.38. The normalized spacial score (nSPS) is 21.9. The van der Waals surface area contributed by atoms with Crippen LogP contribution in [0, 0.1) is 5.82 Å². The van der Waals surface area contributed by atoms with Gasteiger partial charge in [0.15, 0.2) is 0 Å². The zero-order valence-corrected chi connectivity index (χ0v) is 11.7. The Labute approximate surface area is 118 Å². The van der Waals surface area contributed by atoms with Crippen molar-refractivity contribution in [2.45, 2.75) is 31.5 Å². The van der Waals surface area contributed by atoms with Gasteiger partial charge in [-0.15, -0.1) is 0 Å². The highest BCUT2D eigenvalue weighted by Crippen LogP contribution is 2.20. The maximum Gasteiger partial charge on any atom is 0.251 e. The number of hydrogen-bond acceptors (Lipinski definition) is 3. The van der Waals surface area contributed by atoms with Crippen molar-refractivity contribution in [3.05, 3.63) is 35.6 Å². The molecule has 0 bridgehead atoms. The van der Waals surface area contributed by atoms with Gasteiger partial charge in [0.2, 0.25) is 0 Å². The van der Waals surface area contributed by atoms with E-state index in [0.717, 1.165) is 18.4 Å². The third-order valence-electron chi connectivity index (χ3n) is 3.67. The predicted molar refractivity (Wildman–Crippen MR) is 74.7 cm³/mol. The largest absolute Gasteiger partial charge is 0.364 e. The Morgan fingerprint density at radius 2 is 2.10 bits per heavy atom. The molecule has 2 atom stereocenters. The topological polar surface area (TPSA) is 55.6 Å². The number of halogens is 1. The average molecular weight is 280 g/mol. The Morgan fingerprint density at radius 3 is 2.70 bits per heavy atom. The van der Waals surface area contributed by atoms with Crippen LogP contribution in [0.2, 0.25) is 0 Å². The quantitative estimate of drug-likeness (QED) is 0.885. The molecule has 20 heavy (non-hydrogen) atoms. The number of hydrogen-bond donors (Lipinski definition) is 1. The number of amides is 1. The fourth-order valence-electron chi connectivity index (χ4n) is 2.36. The number of carbonyl (C=O) groups is 1. The Balaban J connectivity index is 1.81. The number of benzene rings is 1. The zero-order chi connectivity index (χ0) is 14.5. The molecule has 1 fully saturated rings. The van der Waals surface area contributed by atoms with Crippen molar-refractivity contribution < 1.29 is 13.9 Å². The summed E-state index contributed by atoms with van der Waals surface area (Å²) < 4.78 is 18.4. The third kappa shape index (κ3) is 3.77. The van der Waals surface area contributed by atoms with E-state index >= 15 is 0 Å². The van der Waals surface area contributed by atoms with Gasteiger partial charge in [0.1, 0.15) is 11.9 Å². The van der Waals surface area contributed by atoms with Gasteiger partial charge < -0.3 is 15.4 Å². The fourth-order valence-corrected chi connectivity index (χ4v) is 2.36. The lowest BCUT2D eigenvalue weighted by atomic mass is 10.1. The van der Waals surface area contributed by atoms with Crippen molar-refractivity contribution in [1.29, 1.82) is 0 Å². The minimum absolute atomic E-state index is 0.00283. The minimum Gasteiger partial charge on any atom is -0.364 e. The summed E-state index contributed by atoms with van der Waals surface area (Å²) in [6, 6.07) is 6.35. The zero-order valence-electron chi connectivity index (χ0n) is 11.7. The first-order valence-corrected chi connectivity index (χ1v) is 6.95. The molecule has 5 heteroatoms. The van der Waals surface area contributed by atoms with Crippen molar-refractivity contribution in [2.75, 3.05) is 20.1 Å². The van der Waals surface area contributed by atoms with E-state index in [2.05, 4.69) is 0 Å². The van der Waals surface area contributed by atoms with Gasteiger partial charge in [0.05, 0.1) is 6.10 Å². The molecule has 4 nitrogen and oxygen atoms in total. The summed E-state index contributed by atoms with van der Waals surface area (Å²) in [7, 11) is 1.77. The predicted octanol–water partition coefficient (Wildman–Crippen LogP) is 1.33. The van der Waals surface area contributed by atoms with Crippen molar-refractivity contribution in [3.63, 3.8) is 0 Å². The molecule has 0 spiro atoms. The molecule has 1 heterocycles.